The Kier molecular flexibility index (Phi) is 16.1. The molecule has 0 radical (unpaired) electrons. The number of sulfonamides is 1. The molecular formula is C29H38Cl2F2N4O4S. The van der Waals surface area contributed by atoms with E-state index in [4.69, 9.17) is 0 Å². The number of aliphatic hydroxyl groups excluding tert-OH is 1. The molecule has 13 heteroatoms. The maximum atomic E-state index is 13.9. The molecule has 0 heterocycles. The van der Waals surface area contributed by atoms with Crippen LogP contribution in [-0.4, -0.2) is 58.3 Å². The van der Waals surface area contributed by atoms with Crippen LogP contribution >= 0.6 is 24.8 Å². The summed E-state index contributed by atoms with van der Waals surface area (Å²) in [7, 11) is -2.15. The smallest absolute Gasteiger partial charge is 0.251 e. The number of aliphatic hydroxyl groups is 1. The number of halogens is 4. The average Bonchev–Trinajstić information content (AvgIpc) is 2.92. The van der Waals surface area contributed by atoms with Gasteiger partial charge in [0.2, 0.25) is 10.0 Å². The van der Waals surface area contributed by atoms with Gasteiger partial charge in [0.05, 0.1) is 17.0 Å². The summed E-state index contributed by atoms with van der Waals surface area (Å²) >= 11 is 0. The fourth-order valence-electron chi connectivity index (χ4n) is 4.18. The zero-order chi connectivity index (χ0) is 29.1. The van der Waals surface area contributed by atoms with Gasteiger partial charge in [-0.2, -0.15) is 0 Å². The summed E-state index contributed by atoms with van der Waals surface area (Å²) in [5, 5.41) is 19.7. The molecule has 3 rings (SSSR count). The van der Waals surface area contributed by atoms with E-state index in [9.17, 15) is 27.1 Å². The number of hydrogen-bond acceptors (Lipinski definition) is 6. The second-order valence-corrected chi connectivity index (χ2v) is 11.2. The molecule has 232 valence electrons. The van der Waals surface area contributed by atoms with Crippen molar-refractivity contribution in [1.82, 2.24) is 20.7 Å². The number of aryl methyl sites for hydroxylation is 1. The Hall–Kier alpha value is -2.64. The van der Waals surface area contributed by atoms with Crippen molar-refractivity contribution in [3.63, 3.8) is 0 Å². The van der Waals surface area contributed by atoms with Crippen molar-refractivity contribution in [2.45, 2.75) is 43.4 Å². The van der Waals surface area contributed by atoms with Gasteiger partial charge in [-0.15, -0.1) is 24.8 Å². The van der Waals surface area contributed by atoms with E-state index in [-0.39, 0.29) is 60.3 Å². The van der Waals surface area contributed by atoms with Crippen LogP contribution in [0.3, 0.4) is 0 Å². The summed E-state index contributed by atoms with van der Waals surface area (Å²) in [6, 6.07) is 15.6. The van der Waals surface area contributed by atoms with Crippen LogP contribution in [0.15, 0.2) is 71.6 Å². The first-order valence-corrected chi connectivity index (χ1v) is 14.6. The van der Waals surface area contributed by atoms with E-state index in [1.807, 2.05) is 18.2 Å². The molecule has 0 bridgehead atoms. The first-order valence-electron chi connectivity index (χ1n) is 13.1. The number of likely N-dealkylation sites (N-methyl/N-ethyl adjacent to an activating group) is 1. The van der Waals surface area contributed by atoms with Gasteiger partial charge < -0.3 is 21.1 Å². The lowest BCUT2D eigenvalue weighted by atomic mass is 10.00. The Bertz CT molecular complexity index is 1380. The monoisotopic (exact) mass is 646 g/mol. The van der Waals surface area contributed by atoms with Crippen molar-refractivity contribution in [2.75, 3.05) is 26.7 Å². The van der Waals surface area contributed by atoms with Gasteiger partial charge in [-0.25, -0.2) is 21.9 Å². The summed E-state index contributed by atoms with van der Waals surface area (Å²) in [4.78, 5) is 13.1. The van der Waals surface area contributed by atoms with Crippen LogP contribution in [0, 0.1) is 11.6 Å². The zero-order valence-corrected chi connectivity index (χ0v) is 25.9. The Morgan fingerprint density at radius 2 is 1.57 bits per heavy atom. The second-order valence-electron chi connectivity index (χ2n) is 9.46. The first kappa shape index (κ1) is 37.4. The van der Waals surface area contributed by atoms with E-state index >= 15 is 0 Å². The third-order valence-electron chi connectivity index (χ3n) is 6.31. The highest BCUT2D eigenvalue weighted by Gasteiger charge is 2.24. The molecule has 0 saturated carbocycles. The third kappa shape index (κ3) is 11.6. The third-order valence-corrected chi connectivity index (χ3v) is 7.77. The van der Waals surface area contributed by atoms with Crippen molar-refractivity contribution in [2.24, 2.45) is 0 Å². The molecule has 3 aromatic rings. The van der Waals surface area contributed by atoms with Crippen LogP contribution < -0.4 is 20.7 Å². The molecule has 0 fully saturated rings. The highest BCUT2D eigenvalue weighted by atomic mass is 35.5. The highest BCUT2D eigenvalue weighted by Crippen LogP contribution is 2.15. The fourth-order valence-corrected chi connectivity index (χ4v) is 5.26. The first-order chi connectivity index (χ1) is 19.1. The molecule has 5 N–H and O–H groups in total. The number of amides is 1. The molecule has 0 unspecified atom stereocenters. The number of benzene rings is 3. The molecule has 0 saturated heterocycles. The fraction of sp³-hybridized carbons (Fsp3) is 0.345. The van der Waals surface area contributed by atoms with E-state index in [1.54, 1.807) is 7.05 Å². The lowest BCUT2D eigenvalue weighted by Gasteiger charge is -2.25. The largest absolute Gasteiger partial charge is 0.390 e. The minimum atomic E-state index is -3.85. The van der Waals surface area contributed by atoms with Crippen molar-refractivity contribution in [1.29, 1.82) is 0 Å². The van der Waals surface area contributed by atoms with E-state index in [1.165, 1.54) is 29.8 Å². The summed E-state index contributed by atoms with van der Waals surface area (Å²) in [5.41, 5.74) is 2.52. The van der Waals surface area contributed by atoms with Gasteiger partial charge in [-0.1, -0.05) is 37.3 Å². The van der Waals surface area contributed by atoms with Gasteiger partial charge >= 0.3 is 0 Å². The van der Waals surface area contributed by atoms with E-state index in [0.717, 1.165) is 30.2 Å². The molecule has 0 aliphatic heterocycles. The minimum absolute atomic E-state index is 0. The predicted octanol–water partition coefficient (Wildman–Crippen LogP) is 3.36. The number of carbonyl (C=O) groups is 1. The Labute approximate surface area is 258 Å². The standard InChI is InChI=1S/C29H36F2N4O4S.2ClH/c1-3-20-6-4-7-21(12-20)18-33-19-28(36)27(15-22-13-24(30)17-25(31)14-22)35-29(37)23-8-5-9-26(16-23)40(38,39)34-11-10-32-2;;/h4-9,12-14,16-17,27-28,32-34,36H,3,10-11,15,18-19H2,1-2H3,(H,35,37);2*1H/t27-,28+;;/m0../s1. The summed E-state index contributed by atoms with van der Waals surface area (Å²) in [5.74, 6) is -2.18. The van der Waals surface area contributed by atoms with Gasteiger partial charge in [-0.05, 0) is 66.9 Å². The molecule has 8 nitrogen and oxygen atoms in total. The number of hydrogen-bond donors (Lipinski definition) is 5. The van der Waals surface area contributed by atoms with Crippen molar-refractivity contribution in [3.05, 3.63) is 101 Å². The van der Waals surface area contributed by atoms with Crippen LogP contribution in [-0.2, 0) is 29.4 Å². The quantitative estimate of drug-likeness (QED) is 0.162. The topological polar surface area (TPSA) is 120 Å². The van der Waals surface area contributed by atoms with Crippen LogP contribution in [0.5, 0.6) is 0 Å². The maximum absolute atomic E-state index is 13.9. The molecule has 0 spiro atoms. The summed E-state index contributed by atoms with van der Waals surface area (Å²) in [6.45, 7) is 3.22. The second kappa shape index (κ2) is 18.1. The molecule has 2 atom stereocenters. The van der Waals surface area contributed by atoms with Gasteiger partial charge in [0.15, 0.2) is 0 Å². The Morgan fingerprint density at radius 1 is 0.905 bits per heavy atom. The van der Waals surface area contributed by atoms with Crippen molar-refractivity contribution >= 4 is 40.7 Å². The molecular weight excluding hydrogens is 609 g/mol. The minimum Gasteiger partial charge on any atom is -0.390 e. The molecule has 0 aliphatic carbocycles. The molecule has 3 aromatic carbocycles. The van der Waals surface area contributed by atoms with Crippen LogP contribution in [0.4, 0.5) is 8.78 Å². The number of carbonyl (C=O) groups excluding carboxylic acids is 1. The van der Waals surface area contributed by atoms with E-state index in [0.29, 0.717) is 13.1 Å². The Balaban J connectivity index is 0.00000441. The summed E-state index contributed by atoms with van der Waals surface area (Å²) in [6.07, 6.45) is -0.290. The maximum Gasteiger partial charge on any atom is 0.251 e. The molecule has 1 amide bonds. The van der Waals surface area contributed by atoms with Gasteiger partial charge in [-0.3, -0.25) is 4.79 Å². The van der Waals surface area contributed by atoms with Gasteiger partial charge in [0, 0.05) is 37.8 Å². The van der Waals surface area contributed by atoms with E-state index in [2.05, 4.69) is 33.7 Å². The van der Waals surface area contributed by atoms with E-state index < -0.39 is 39.7 Å². The van der Waals surface area contributed by atoms with Crippen LogP contribution in [0.2, 0.25) is 0 Å². The van der Waals surface area contributed by atoms with Crippen molar-refractivity contribution < 1.29 is 27.1 Å². The molecule has 42 heavy (non-hydrogen) atoms. The SMILES string of the molecule is CCc1cccc(CNC[C@@H](O)[C@H](Cc2cc(F)cc(F)c2)NC(=O)c2cccc(S(=O)(=O)NCCNC)c2)c1.Cl.Cl. The lowest BCUT2D eigenvalue weighted by Crippen LogP contribution is -2.48. The Morgan fingerprint density at radius 3 is 2.24 bits per heavy atom. The summed E-state index contributed by atoms with van der Waals surface area (Å²) < 4.78 is 55.4. The zero-order valence-electron chi connectivity index (χ0n) is 23.4. The van der Waals surface area contributed by atoms with Gasteiger partial charge in [0.25, 0.3) is 5.91 Å². The molecule has 0 aliphatic rings. The number of rotatable bonds is 15. The predicted molar refractivity (Wildman–Crippen MR) is 165 cm³/mol. The van der Waals surface area contributed by atoms with Crippen LogP contribution in [0.25, 0.3) is 0 Å². The lowest BCUT2D eigenvalue weighted by molar-refractivity contribution is 0.0829. The average molecular weight is 648 g/mol. The van der Waals surface area contributed by atoms with Gasteiger partial charge in [0.1, 0.15) is 11.6 Å². The molecule has 0 aromatic heterocycles. The number of nitrogens with one attached hydrogen (secondary N) is 4. The highest BCUT2D eigenvalue weighted by molar-refractivity contribution is 7.89. The van der Waals surface area contributed by atoms with Crippen molar-refractivity contribution in [3.8, 4) is 0 Å². The van der Waals surface area contributed by atoms with Crippen LogP contribution in [0.1, 0.15) is 34.0 Å². The normalized spacial score (nSPS) is 12.5.